The van der Waals surface area contributed by atoms with Crippen LogP contribution in [0.15, 0.2) is 24.3 Å². The van der Waals surface area contributed by atoms with Gasteiger partial charge >= 0.3 is 0 Å². The minimum absolute atomic E-state index is 0.355. The molecule has 1 aromatic rings. The van der Waals surface area contributed by atoms with Crippen molar-refractivity contribution in [1.82, 2.24) is 4.90 Å². The van der Waals surface area contributed by atoms with Gasteiger partial charge in [-0.25, -0.2) is 0 Å². The maximum Gasteiger partial charge on any atom is 0.0916 e. The van der Waals surface area contributed by atoms with E-state index in [1.807, 2.05) is 0 Å². The summed E-state index contributed by atoms with van der Waals surface area (Å²) in [5, 5.41) is 10.4. The standard InChI is InChI=1S/C18H29NO/c1-14(2)16-5-4-11-19(12-10-16)13-18(20)17-8-6-15(3)7-9-17/h6-9,14,16,18,20H,4-5,10-13H2,1-3H3. The van der Waals surface area contributed by atoms with Gasteiger partial charge in [-0.2, -0.15) is 0 Å². The van der Waals surface area contributed by atoms with E-state index < -0.39 is 0 Å². The summed E-state index contributed by atoms with van der Waals surface area (Å²) in [4.78, 5) is 2.44. The predicted octanol–water partition coefficient (Wildman–Crippen LogP) is 3.79. The summed E-state index contributed by atoms with van der Waals surface area (Å²) in [5.41, 5.74) is 2.29. The molecule has 2 atom stereocenters. The summed E-state index contributed by atoms with van der Waals surface area (Å²) in [6.07, 6.45) is 3.53. The number of aliphatic hydroxyl groups is 1. The van der Waals surface area contributed by atoms with Gasteiger partial charge in [0, 0.05) is 6.54 Å². The van der Waals surface area contributed by atoms with Crippen LogP contribution in [-0.2, 0) is 0 Å². The summed E-state index contributed by atoms with van der Waals surface area (Å²) in [7, 11) is 0. The molecule has 2 unspecified atom stereocenters. The molecule has 1 heterocycles. The van der Waals surface area contributed by atoms with Gasteiger partial charge in [-0.3, -0.25) is 0 Å². The van der Waals surface area contributed by atoms with Gasteiger partial charge in [-0.05, 0) is 56.7 Å². The van der Waals surface area contributed by atoms with Gasteiger partial charge in [0.2, 0.25) is 0 Å². The van der Waals surface area contributed by atoms with Gasteiger partial charge in [0.1, 0.15) is 0 Å². The summed E-state index contributed by atoms with van der Waals surface area (Å²) in [6, 6.07) is 8.26. The predicted molar refractivity (Wildman–Crippen MR) is 84.8 cm³/mol. The lowest BCUT2D eigenvalue weighted by molar-refractivity contribution is 0.114. The molecular weight excluding hydrogens is 246 g/mol. The van der Waals surface area contributed by atoms with Crippen LogP contribution in [0.4, 0.5) is 0 Å². The van der Waals surface area contributed by atoms with Crippen molar-refractivity contribution in [1.29, 1.82) is 0 Å². The summed E-state index contributed by atoms with van der Waals surface area (Å²) in [6.45, 7) is 9.78. The molecule has 0 amide bonds. The number of likely N-dealkylation sites (tertiary alicyclic amines) is 1. The third-order valence-electron chi connectivity index (χ3n) is 4.70. The minimum atomic E-state index is -0.355. The number of hydrogen-bond acceptors (Lipinski definition) is 2. The highest BCUT2D eigenvalue weighted by molar-refractivity contribution is 5.23. The van der Waals surface area contributed by atoms with Gasteiger partial charge in [0.05, 0.1) is 6.10 Å². The molecular formula is C18H29NO. The molecule has 0 spiro atoms. The maximum absolute atomic E-state index is 10.4. The quantitative estimate of drug-likeness (QED) is 0.904. The first-order valence-electron chi connectivity index (χ1n) is 8.03. The number of aliphatic hydroxyl groups excluding tert-OH is 1. The molecule has 0 aromatic heterocycles. The summed E-state index contributed by atoms with van der Waals surface area (Å²) >= 11 is 0. The van der Waals surface area contributed by atoms with Gasteiger partial charge < -0.3 is 10.0 Å². The molecule has 1 aromatic carbocycles. The zero-order valence-corrected chi connectivity index (χ0v) is 13.2. The molecule has 112 valence electrons. The molecule has 1 N–H and O–H groups in total. The second kappa shape index (κ2) is 7.24. The van der Waals surface area contributed by atoms with Crippen LogP contribution in [0.25, 0.3) is 0 Å². The fourth-order valence-electron chi connectivity index (χ4n) is 3.17. The Hall–Kier alpha value is -0.860. The van der Waals surface area contributed by atoms with Crippen molar-refractivity contribution >= 4 is 0 Å². The highest BCUT2D eigenvalue weighted by Gasteiger charge is 2.21. The van der Waals surface area contributed by atoms with Crippen molar-refractivity contribution in [3.8, 4) is 0 Å². The van der Waals surface area contributed by atoms with E-state index in [-0.39, 0.29) is 6.10 Å². The average Bonchev–Trinajstić information content (AvgIpc) is 2.65. The number of aryl methyl sites for hydroxylation is 1. The highest BCUT2D eigenvalue weighted by Crippen LogP contribution is 2.25. The van der Waals surface area contributed by atoms with Crippen LogP contribution in [0, 0.1) is 18.8 Å². The molecule has 0 bridgehead atoms. The second-order valence-corrected chi connectivity index (χ2v) is 6.66. The van der Waals surface area contributed by atoms with Crippen LogP contribution in [0.3, 0.4) is 0 Å². The zero-order valence-electron chi connectivity index (χ0n) is 13.2. The number of hydrogen-bond donors (Lipinski definition) is 1. The van der Waals surface area contributed by atoms with Crippen molar-refractivity contribution in [3.63, 3.8) is 0 Å². The van der Waals surface area contributed by atoms with Crippen molar-refractivity contribution in [3.05, 3.63) is 35.4 Å². The first-order valence-corrected chi connectivity index (χ1v) is 8.03. The zero-order chi connectivity index (χ0) is 14.5. The fourth-order valence-corrected chi connectivity index (χ4v) is 3.17. The highest BCUT2D eigenvalue weighted by atomic mass is 16.3. The van der Waals surface area contributed by atoms with Crippen LogP contribution in [0.1, 0.15) is 50.3 Å². The summed E-state index contributed by atoms with van der Waals surface area (Å²) in [5.74, 6) is 1.65. The lowest BCUT2D eigenvalue weighted by Gasteiger charge is -2.24. The van der Waals surface area contributed by atoms with Crippen molar-refractivity contribution < 1.29 is 5.11 Å². The Morgan fingerprint density at radius 2 is 1.85 bits per heavy atom. The molecule has 2 nitrogen and oxygen atoms in total. The van der Waals surface area contributed by atoms with Crippen LogP contribution in [0.5, 0.6) is 0 Å². The van der Waals surface area contributed by atoms with E-state index >= 15 is 0 Å². The van der Waals surface area contributed by atoms with Crippen LogP contribution < -0.4 is 0 Å². The first kappa shape index (κ1) is 15.5. The van der Waals surface area contributed by atoms with Gasteiger partial charge in [-0.15, -0.1) is 0 Å². The SMILES string of the molecule is Cc1ccc(C(O)CN2CCCC(C(C)C)CC2)cc1. The van der Waals surface area contributed by atoms with E-state index in [0.717, 1.165) is 37.0 Å². The Labute approximate surface area is 123 Å². The van der Waals surface area contributed by atoms with E-state index in [0.29, 0.717) is 0 Å². The van der Waals surface area contributed by atoms with Gasteiger partial charge in [-0.1, -0.05) is 43.7 Å². The Bertz CT molecular complexity index is 398. The number of benzene rings is 1. The third-order valence-corrected chi connectivity index (χ3v) is 4.70. The number of β-amino-alcohol motifs (C(OH)–C–C–N with tert-alkyl or cyclic N) is 1. The Morgan fingerprint density at radius 3 is 2.50 bits per heavy atom. The number of nitrogens with zero attached hydrogens (tertiary/aromatic N) is 1. The topological polar surface area (TPSA) is 23.5 Å². The fraction of sp³-hybridized carbons (Fsp3) is 0.667. The third kappa shape index (κ3) is 4.32. The molecule has 1 aliphatic rings. The second-order valence-electron chi connectivity index (χ2n) is 6.66. The molecule has 1 fully saturated rings. The Kier molecular flexibility index (Phi) is 5.62. The van der Waals surface area contributed by atoms with Gasteiger partial charge in [0.15, 0.2) is 0 Å². The molecule has 2 heteroatoms. The van der Waals surface area contributed by atoms with Crippen molar-refractivity contribution in [2.24, 2.45) is 11.8 Å². The van der Waals surface area contributed by atoms with Gasteiger partial charge in [0.25, 0.3) is 0 Å². The van der Waals surface area contributed by atoms with Crippen molar-refractivity contribution in [2.75, 3.05) is 19.6 Å². The molecule has 0 radical (unpaired) electrons. The average molecular weight is 275 g/mol. The van der Waals surface area contributed by atoms with E-state index in [1.54, 1.807) is 0 Å². The monoisotopic (exact) mass is 275 g/mol. The lowest BCUT2D eigenvalue weighted by Crippen LogP contribution is -2.30. The maximum atomic E-state index is 10.4. The normalized spacial score (nSPS) is 22.8. The minimum Gasteiger partial charge on any atom is -0.387 e. The number of rotatable bonds is 4. The van der Waals surface area contributed by atoms with E-state index in [2.05, 4.69) is 49.9 Å². The van der Waals surface area contributed by atoms with E-state index in [1.165, 1.54) is 24.8 Å². The summed E-state index contributed by atoms with van der Waals surface area (Å²) < 4.78 is 0. The van der Waals surface area contributed by atoms with Crippen molar-refractivity contribution in [2.45, 2.75) is 46.1 Å². The smallest absolute Gasteiger partial charge is 0.0916 e. The van der Waals surface area contributed by atoms with Crippen LogP contribution in [0.2, 0.25) is 0 Å². The molecule has 0 aliphatic carbocycles. The largest absolute Gasteiger partial charge is 0.387 e. The molecule has 1 aliphatic heterocycles. The Balaban J connectivity index is 1.88. The Morgan fingerprint density at radius 1 is 1.15 bits per heavy atom. The lowest BCUT2D eigenvalue weighted by atomic mass is 9.89. The van der Waals surface area contributed by atoms with Crippen LogP contribution >= 0.6 is 0 Å². The van der Waals surface area contributed by atoms with Crippen LogP contribution in [-0.4, -0.2) is 29.6 Å². The molecule has 2 rings (SSSR count). The molecule has 20 heavy (non-hydrogen) atoms. The molecule has 0 saturated carbocycles. The first-order chi connectivity index (χ1) is 9.56. The van der Waals surface area contributed by atoms with E-state index in [9.17, 15) is 5.11 Å². The molecule has 1 saturated heterocycles. The van der Waals surface area contributed by atoms with E-state index in [4.69, 9.17) is 0 Å².